The predicted molar refractivity (Wildman–Crippen MR) is 70.4 cm³/mol. The van der Waals surface area contributed by atoms with Crippen molar-refractivity contribution in [2.75, 3.05) is 23.7 Å². The fourth-order valence-corrected chi connectivity index (χ4v) is 1.86. The van der Waals surface area contributed by atoms with Crippen molar-refractivity contribution in [2.24, 2.45) is 0 Å². The third kappa shape index (κ3) is 3.16. The molecule has 2 aromatic heterocycles. The van der Waals surface area contributed by atoms with Crippen molar-refractivity contribution < 1.29 is 4.52 Å². The first kappa shape index (κ1) is 12.7. The second kappa shape index (κ2) is 6.29. The number of halogens is 1. The van der Waals surface area contributed by atoms with Crippen LogP contribution in [-0.2, 0) is 6.42 Å². The van der Waals surface area contributed by atoms with Crippen LogP contribution in [0.2, 0.25) is 0 Å². The number of hydrogen-bond donors (Lipinski definition) is 2. The first-order valence-corrected chi connectivity index (χ1v) is 6.34. The average molecular weight is 313 g/mol. The lowest BCUT2D eigenvalue weighted by Gasteiger charge is -2.09. The summed E-state index contributed by atoms with van der Waals surface area (Å²) in [6, 6.07) is 0. The van der Waals surface area contributed by atoms with Gasteiger partial charge in [0.2, 0.25) is 5.89 Å². The van der Waals surface area contributed by atoms with Gasteiger partial charge in [-0.15, -0.1) is 0 Å². The number of nitrogens with one attached hydrogen (secondary N) is 2. The Kier molecular flexibility index (Phi) is 4.46. The molecular formula is C10H13BrN6O. The van der Waals surface area contributed by atoms with Crippen molar-refractivity contribution in [3.63, 3.8) is 0 Å². The van der Waals surface area contributed by atoms with Gasteiger partial charge in [0, 0.05) is 19.5 Å². The second-order valence-corrected chi connectivity index (χ2v) is 4.22. The molecule has 2 rings (SSSR count). The largest absolute Gasteiger partial charge is 0.369 e. The summed E-state index contributed by atoms with van der Waals surface area (Å²) in [7, 11) is 0. The van der Waals surface area contributed by atoms with Crippen LogP contribution in [0.5, 0.6) is 0 Å². The lowest BCUT2D eigenvalue weighted by Crippen LogP contribution is -2.09. The maximum Gasteiger partial charge on any atom is 0.228 e. The van der Waals surface area contributed by atoms with E-state index < -0.39 is 0 Å². The molecule has 2 aromatic rings. The molecule has 0 saturated carbocycles. The lowest BCUT2D eigenvalue weighted by atomic mass is 10.4. The minimum absolute atomic E-state index is 0.597. The monoisotopic (exact) mass is 312 g/mol. The van der Waals surface area contributed by atoms with E-state index in [0.29, 0.717) is 18.9 Å². The zero-order chi connectivity index (χ0) is 12.8. The molecule has 0 bridgehead atoms. The minimum Gasteiger partial charge on any atom is -0.369 e. The number of nitrogens with zero attached hydrogens (tertiary/aromatic N) is 4. The van der Waals surface area contributed by atoms with E-state index in [1.807, 2.05) is 6.92 Å². The van der Waals surface area contributed by atoms with Gasteiger partial charge in [0.15, 0.2) is 6.33 Å². The molecule has 18 heavy (non-hydrogen) atoms. The van der Waals surface area contributed by atoms with E-state index in [4.69, 9.17) is 4.52 Å². The topological polar surface area (TPSA) is 88.8 Å². The van der Waals surface area contributed by atoms with Crippen LogP contribution in [0, 0.1) is 0 Å². The first-order valence-electron chi connectivity index (χ1n) is 5.55. The van der Waals surface area contributed by atoms with Gasteiger partial charge in [-0.2, -0.15) is 4.98 Å². The zero-order valence-electron chi connectivity index (χ0n) is 9.85. The summed E-state index contributed by atoms with van der Waals surface area (Å²) in [4.78, 5) is 12.2. The molecule has 8 heteroatoms. The summed E-state index contributed by atoms with van der Waals surface area (Å²) in [5.41, 5.74) is 0. The van der Waals surface area contributed by atoms with Crippen molar-refractivity contribution in [1.29, 1.82) is 0 Å². The Morgan fingerprint density at radius 3 is 2.61 bits per heavy atom. The molecule has 0 aliphatic carbocycles. The molecular weight excluding hydrogens is 300 g/mol. The summed E-state index contributed by atoms with van der Waals surface area (Å²) in [6.45, 7) is 3.47. The fourth-order valence-electron chi connectivity index (χ4n) is 1.38. The van der Waals surface area contributed by atoms with E-state index in [-0.39, 0.29) is 0 Å². The Morgan fingerprint density at radius 1 is 1.17 bits per heavy atom. The van der Waals surface area contributed by atoms with Gasteiger partial charge in [-0.05, 0) is 22.9 Å². The highest BCUT2D eigenvalue weighted by molar-refractivity contribution is 9.10. The Morgan fingerprint density at radius 2 is 1.94 bits per heavy atom. The summed E-state index contributed by atoms with van der Waals surface area (Å²) < 4.78 is 5.72. The molecule has 0 atom stereocenters. The molecule has 0 aliphatic rings. The molecule has 0 spiro atoms. The van der Waals surface area contributed by atoms with Gasteiger partial charge in [0.05, 0.1) is 0 Å². The smallest absolute Gasteiger partial charge is 0.228 e. The average Bonchev–Trinajstić information content (AvgIpc) is 2.87. The Bertz CT molecular complexity index is 489. The lowest BCUT2D eigenvalue weighted by molar-refractivity contribution is 0.379. The Labute approximate surface area is 113 Å². The van der Waals surface area contributed by atoms with Gasteiger partial charge in [-0.25, -0.2) is 9.97 Å². The molecule has 7 nitrogen and oxygen atoms in total. The highest BCUT2D eigenvalue weighted by Gasteiger charge is 2.07. The normalized spacial score (nSPS) is 10.3. The Hall–Kier alpha value is -1.70. The van der Waals surface area contributed by atoms with E-state index in [9.17, 15) is 0 Å². The fraction of sp³-hybridized carbons (Fsp3) is 0.400. The maximum atomic E-state index is 4.91. The molecule has 0 fully saturated rings. The van der Waals surface area contributed by atoms with Gasteiger partial charge >= 0.3 is 0 Å². The van der Waals surface area contributed by atoms with Crippen LogP contribution in [0.1, 0.15) is 12.8 Å². The van der Waals surface area contributed by atoms with Crippen LogP contribution >= 0.6 is 15.9 Å². The van der Waals surface area contributed by atoms with Gasteiger partial charge in [0.25, 0.3) is 0 Å². The summed E-state index contributed by atoms with van der Waals surface area (Å²) in [5, 5.41) is 9.87. The van der Waals surface area contributed by atoms with Crippen LogP contribution < -0.4 is 10.6 Å². The minimum atomic E-state index is 0.597. The Balaban J connectivity index is 1.94. The van der Waals surface area contributed by atoms with Crippen LogP contribution in [0.4, 0.5) is 11.6 Å². The van der Waals surface area contributed by atoms with E-state index in [1.54, 1.807) is 0 Å². The molecule has 0 unspecified atom stereocenters. The quantitative estimate of drug-likeness (QED) is 0.839. The summed E-state index contributed by atoms with van der Waals surface area (Å²) in [6.07, 6.45) is 3.55. The SMILES string of the molecule is CCNc1ncnc(NCCc2ncno2)c1Br. The predicted octanol–water partition coefficient (Wildman–Crippen LogP) is 1.71. The summed E-state index contributed by atoms with van der Waals surface area (Å²) >= 11 is 3.46. The van der Waals surface area contributed by atoms with Crippen molar-refractivity contribution >= 4 is 27.6 Å². The van der Waals surface area contributed by atoms with Gasteiger partial charge in [-0.3, -0.25) is 0 Å². The van der Waals surface area contributed by atoms with E-state index in [1.165, 1.54) is 12.7 Å². The molecule has 0 amide bonds. The third-order valence-corrected chi connectivity index (χ3v) is 2.92. The third-order valence-electron chi connectivity index (χ3n) is 2.17. The number of hydrogen-bond acceptors (Lipinski definition) is 7. The van der Waals surface area contributed by atoms with Gasteiger partial charge in [-0.1, -0.05) is 5.16 Å². The van der Waals surface area contributed by atoms with Crippen LogP contribution in [0.15, 0.2) is 21.7 Å². The van der Waals surface area contributed by atoms with Crippen LogP contribution in [-0.4, -0.2) is 33.2 Å². The molecule has 0 aromatic carbocycles. The summed E-state index contributed by atoms with van der Waals surface area (Å²) in [5.74, 6) is 2.10. The van der Waals surface area contributed by atoms with Crippen LogP contribution in [0.3, 0.4) is 0 Å². The zero-order valence-corrected chi connectivity index (χ0v) is 11.4. The molecule has 0 radical (unpaired) electrons. The maximum absolute atomic E-state index is 4.91. The van der Waals surface area contributed by atoms with Crippen molar-refractivity contribution in [3.8, 4) is 0 Å². The molecule has 2 heterocycles. The van der Waals surface area contributed by atoms with Crippen molar-refractivity contribution in [1.82, 2.24) is 20.1 Å². The molecule has 0 aliphatic heterocycles. The number of anilines is 2. The van der Waals surface area contributed by atoms with E-state index >= 15 is 0 Å². The molecule has 2 N–H and O–H groups in total. The van der Waals surface area contributed by atoms with Gasteiger partial charge in [0.1, 0.15) is 22.4 Å². The number of rotatable bonds is 6. The van der Waals surface area contributed by atoms with Gasteiger partial charge < -0.3 is 15.2 Å². The molecule has 0 saturated heterocycles. The second-order valence-electron chi connectivity index (χ2n) is 3.43. The van der Waals surface area contributed by atoms with Crippen LogP contribution in [0.25, 0.3) is 0 Å². The van der Waals surface area contributed by atoms with E-state index in [0.717, 1.165) is 22.7 Å². The molecule has 96 valence electrons. The van der Waals surface area contributed by atoms with Crippen molar-refractivity contribution in [2.45, 2.75) is 13.3 Å². The first-order chi connectivity index (χ1) is 8.81. The van der Waals surface area contributed by atoms with Crippen molar-refractivity contribution in [3.05, 3.63) is 23.0 Å². The highest BCUT2D eigenvalue weighted by Crippen LogP contribution is 2.26. The number of aromatic nitrogens is 4. The van der Waals surface area contributed by atoms with E-state index in [2.05, 4.69) is 46.7 Å². The highest BCUT2D eigenvalue weighted by atomic mass is 79.9. The standard InChI is InChI=1S/C10H13BrN6O/c1-2-12-9-8(11)10(16-5-15-9)13-4-3-7-14-6-17-18-7/h5-6H,2-4H2,1H3,(H2,12,13,15,16).